The highest BCUT2D eigenvalue weighted by Gasteiger charge is 2.30. The van der Waals surface area contributed by atoms with Gasteiger partial charge in [-0.2, -0.15) is 4.31 Å². The summed E-state index contributed by atoms with van der Waals surface area (Å²) in [6.07, 6.45) is 1.79. The van der Waals surface area contributed by atoms with Crippen LogP contribution < -0.4 is 5.32 Å². The molecule has 0 bridgehead atoms. The molecule has 36 heavy (non-hydrogen) atoms. The SMILES string of the molecule is CCCCNC(=O)[C@H](C)N(Cc1ccc(C)cc1)C(=O)CN(C)S(=O)(=O)c1ccc2ccccc2c1. The Morgan fingerprint density at radius 1 is 0.972 bits per heavy atom. The Kier molecular flexibility index (Phi) is 9.23. The van der Waals surface area contributed by atoms with Crippen LogP contribution in [0.4, 0.5) is 0 Å². The second kappa shape index (κ2) is 12.1. The summed E-state index contributed by atoms with van der Waals surface area (Å²) in [6, 6.07) is 19.4. The third-order valence-electron chi connectivity index (χ3n) is 6.26. The number of likely N-dealkylation sites (N-methyl/N-ethyl adjacent to an activating group) is 1. The number of nitrogens with zero attached hydrogens (tertiary/aromatic N) is 2. The first-order valence-electron chi connectivity index (χ1n) is 12.2. The summed E-state index contributed by atoms with van der Waals surface area (Å²) in [7, 11) is -2.53. The maximum atomic E-state index is 13.4. The van der Waals surface area contributed by atoms with Gasteiger partial charge in [-0.25, -0.2) is 8.42 Å². The summed E-state index contributed by atoms with van der Waals surface area (Å²) in [5.74, 6) is -0.704. The third kappa shape index (κ3) is 6.71. The first kappa shape index (κ1) is 27.4. The van der Waals surface area contributed by atoms with E-state index >= 15 is 0 Å². The number of rotatable bonds is 11. The molecule has 3 aromatic rings. The van der Waals surface area contributed by atoms with Gasteiger partial charge in [0.2, 0.25) is 21.8 Å². The Bertz CT molecular complexity index is 1310. The van der Waals surface area contributed by atoms with Gasteiger partial charge in [0, 0.05) is 20.1 Å². The summed E-state index contributed by atoms with van der Waals surface area (Å²) in [4.78, 5) is 27.8. The van der Waals surface area contributed by atoms with E-state index in [-0.39, 0.29) is 23.9 Å². The number of unbranched alkanes of at least 4 members (excludes halogenated alkanes) is 1. The minimum atomic E-state index is -3.92. The van der Waals surface area contributed by atoms with Crippen molar-refractivity contribution < 1.29 is 18.0 Å². The van der Waals surface area contributed by atoms with E-state index in [9.17, 15) is 18.0 Å². The lowest BCUT2D eigenvalue weighted by Crippen LogP contribution is -2.50. The van der Waals surface area contributed by atoms with Gasteiger partial charge in [-0.15, -0.1) is 0 Å². The topological polar surface area (TPSA) is 86.8 Å². The number of amides is 2. The van der Waals surface area contributed by atoms with Crippen molar-refractivity contribution in [3.05, 3.63) is 77.9 Å². The number of fused-ring (bicyclic) bond motifs is 1. The van der Waals surface area contributed by atoms with E-state index in [0.717, 1.165) is 39.0 Å². The van der Waals surface area contributed by atoms with Crippen LogP contribution in [0.2, 0.25) is 0 Å². The molecule has 0 aliphatic rings. The zero-order valence-corrected chi connectivity index (χ0v) is 22.2. The summed E-state index contributed by atoms with van der Waals surface area (Å²) in [6.45, 7) is 6.03. The zero-order chi connectivity index (χ0) is 26.3. The molecule has 0 radical (unpaired) electrons. The fourth-order valence-corrected chi connectivity index (χ4v) is 5.04. The number of hydrogen-bond donors (Lipinski definition) is 1. The van der Waals surface area contributed by atoms with E-state index in [4.69, 9.17) is 0 Å². The Balaban J connectivity index is 1.81. The molecular formula is C28H35N3O4S. The van der Waals surface area contributed by atoms with Crippen molar-refractivity contribution in [1.29, 1.82) is 0 Å². The van der Waals surface area contributed by atoms with Crippen LogP contribution in [-0.2, 0) is 26.2 Å². The molecule has 0 saturated carbocycles. The minimum Gasteiger partial charge on any atom is -0.354 e. The quantitative estimate of drug-likeness (QED) is 0.394. The summed E-state index contributed by atoms with van der Waals surface area (Å²) in [5, 5.41) is 4.61. The van der Waals surface area contributed by atoms with Crippen LogP contribution in [-0.4, -0.2) is 55.6 Å². The molecule has 1 N–H and O–H groups in total. The van der Waals surface area contributed by atoms with Crippen LogP contribution in [0.25, 0.3) is 10.8 Å². The van der Waals surface area contributed by atoms with Gasteiger partial charge in [-0.1, -0.05) is 73.5 Å². The lowest BCUT2D eigenvalue weighted by atomic mass is 10.1. The van der Waals surface area contributed by atoms with Gasteiger partial charge < -0.3 is 10.2 Å². The van der Waals surface area contributed by atoms with Crippen LogP contribution >= 0.6 is 0 Å². The molecule has 0 saturated heterocycles. The Labute approximate surface area is 214 Å². The predicted molar refractivity (Wildman–Crippen MR) is 143 cm³/mol. The van der Waals surface area contributed by atoms with Crippen molar-refractivity contribution in [3.63, 3.8) is 0 Å². The van der Waals surface area contributed by atoms with Crippen LogP contribution in [0.1, 0.15) is 37.8 Å². The average molecular weight is 510 g/mol. The predicted octanol–water partition coefficient (Wildman–Crippen LogP) is 4.10. The van der Waals surface area contributed by atoms with Gasteiger partial charge in [0.1, 0.15) is 6.04 Å². The van der Waals surface area contributed by atoms with E-state index in [2.05, 4.69) is 5.32 Å². The molecule has 0 aromatic heterocycles. The highest BCUT2D eigenvalue weighted by Crippen LogP contribution is 2.22. The molecule has 0 spiro atoms. The minimum absolute atomic E-state index is 0.118. The highest BCUT2D eigenvalue weighted by molar-refractivity contribution is 7.89. The van der Waals surface area contributed by atoms with Gasteiger partial charge in [-0.05, 0) is 48.7 Å². The van der Waals surface area contributed by atoms with Gasteiger partial charge in [0.25, 0.3) is 0 Å². The van der Waals surface area contributed by atoms with E-state index in [1.54, 1.807) is 25.1 Å². The van der Waals surface area contributed by atoms with Crippen molar-refractivity contribution in [2.75, 3.05) is 20.1 Å². The molecule has 3 rings (SSSR count). The van der Waals surface area contributed by atoms with Crippen LogP contribution in [0.5, 0.6) is 0 Å². The van der Waals surface area contributed by atoms with E-state index < -0.39 is 22.0 Å². The molecule has 0 aliphatic carbocycles. The second-order valence-electron chi connectivity index (χ2n) is 9.10. The monoisotopic (exact) mass is 509 g/mol. The normalized spacial score (nSPS) is 12.5. The molecule has 192 valence electrons. The third-order valence-corrected chi connectivity index (χ3v) is 8.06. The van der Waals surface area contributed by atoms with Crippen molar-refractivity contribution >= 4 is 32.6 Å². The fraction of sp³-hybridized carbons (Fsp3) is 0.357. The maximum absolute atomic E-state index is 13.4. The number of nitrogens with one attached hydrogen (secondary N) is 1. The molecule has 0 unspecified atom stereocenters. The number of sulfonamides is 1. The second-order valence-corrected chi connectivity index (χ2v) is 11.1. The molecule has 1 atom stereocenters. The van der Waals surface area contributed by atoms with Crippen LogP contribution in [0.3, 0.4) is 0 Å². The summed E-state index contributed by atoms with van der Waals surface area (Å²) < 4.78 is 27.6. The van der Waals surface area contributed by atoms with Crippen molar-refractivity contribution in [2.24, 2.45) is 0 Å². The number of carbonyl (C=O) groups is 2. The number of aryl methyl sites for hydroxylation is 1. The van der Waals surface area contributed by atoms with E-state index in [1.807, 2.05) is 62.4 Å². The average Bonchev–Trinajstić information content (AvgIpc) is 2.87. The number of hydrogen-bond acceptors (Lipinski definition) is 4. The Morgan fingerprint density at radius 3 is 2.31 bits per heavy atom. The molecule has 3 aromatic carbocycles. The first-order valence-corrected chi connectivity index (χ1v) is 13.7. The zero-order valence-electron chi connectivity index (χ0n) is 21.4. The molecular weight excluding hydrogens is 474 g/mol. The van der Waals surface area contributed by atoms with Gasteiger partial charge in [0.15, 0.2) is 0 Å². The van der Waals surface area contributed by atoms with Crippen LogP contribution in [0.15, 0.2) is 71.6 Å². The highest BCUT2D eigenvalue weighted by atomic mass is 32.2. The van der Waals surface area contributed by atoms with E-state index in [0.29, 0.717) is 6.54 Å². The van der Waals surface area contributed by atoms with Crippen molar-refractivity contribution in [3.8, 4) is 0 Å². The molecule has 7 nitrogen and oxygen atoms in total. The Hall–Kier alpha value is -3.23. The first-order chi connectivity index (χ1) is 17.1. The molecule has 0 heterocycles. The van der Waals surface area contributed by atoms with Crippen molar-refractivity contribution in [1.82, 2.24) is 14.5 Å². The lowest BCUT2D eigenvalue weighted by molar-refractivity contribution is -0.140. The number of carbonyl (C=O) groups excluding carboxylic acids is 2. The van der Waals surface area contributed by atoms with Gasteiger partial charge in [0.05, 0.1) is 11.4 Å². The van der Waals surface area contributed by atoms with Crippen molar-refractivity contribution in [2.45, 2.75) is 51.1 Å². The smallest absolute Gasteiger partial charge is 0.243 e. The largest absolute Gasteiger partial charge is 0.354 e. The molecule has 2 amide bonds. The maximum Gasteiger partial charge on any atom is 0.243 e. The van der Waals surface area contributed by atoms with Crippen LogP contribution in [0, 0.1) is 6.92 Å². The lowest BCUT2D eigenvalue weighted by Gasteiger charge is -2.30. The molecule has 0 fully saturated rings. The molecule has 0 aliphatic heterocycles. The summed E-state index contributed by atoms with van der Waals surface area (Å²) in [5.41, 5.74) is 1.95. The Morgan fingerprint density at radius 2 is 1.64 bits per heavy atom. The summed E-state index contributed by atoms with van der Waals surface area (Å²) >= 11 is 0. The van der Waals surface area contributed by atoms with Gasteiger partial charge in [-0.3, -0.25) is 9.59 Å². The van der Waals surface area contributed by atoms with E-state index in [1.165, 1.54) is 11.9 Å². The molecule has 8 heteroatoms. The standard InChI is InChI=1S/C28H35N3O4S/c1-5-6-17-29-28(33)22(3)31(19-23-13-11-21(2)12-14-23)27(32)20-30(4)36(34,35)26-16-15-24-9-7-8-10-25(24)18-26/h7-16,18,22H,5-6,17,19-20H2,1-4H3,(H,29,33)/t22-/m0/s1. The fourth-order valence-electron chi connectivity index (χ4n) is 3.88. The van der Waals surface area contributed by atoms with Gasteiger partial charge >= 0.3 is 0 Å². The number of benzene rings is 3.